The second-order valence-electron chi connectivity index (χ2n) is 16.2. The van der Waals surface area contributed by atoms with E-state index in [1.807, 2.05) is 0 Å². The van der Waals surface area contributed by atoms with E-state index in [1.54, 1.807) is 0 Å². The summed E-state index contributed by atoms with van der Waals surface area (Å²) in [6.45, 7) is 1.83. The van der Waals surface area contributed by atoms with Gasteiger partial charge in [-0.1, -0.05) is 182 Å². The summed E-state index contributed by atoms with van der Waals surface area (Å²) in [5.74, 6) is 0. The number of rotatable bonds is 4. The van der Waals surface area contributed by atoms with E-state index in [0.29, 0.717) is 26.4 Å². The van der Waals surface area contributed by atoms with Crippen LogP contribution in [0.2, 0.25) is 0 Å². The van der Waals surface area contributed by atoms with Gasteiger partial charge in [0.15, 0.2) is 0 Å². The Bertz CT molecular complexity index is 2920. The molecule has 59 heavy (non-hydrogen) atoms. The van der Waals surface area contributed by atoms with Crippen molar-refractivity contribution >= 4 is 89.8 Å². The van der Waals surface area contributed by atoms with Gasteiger partial charge in [0, 0.05) is 26.4 Å². The normalized spacial score (nSPS) is 15.7. The van der Waals surface area contributed by atoms with Crippen LogP contribution in [0, 0.1) is 5.41 Å². The summed E-state index contributed by atoms with van der Waals surface area (Å²) in [6.07, 6.45) is 0. The van der Waals surface area contributed by atoms with E-state index in [4.69, 9.17) is 18.6 Å². The van der Waals surface area contributed by atoms with Gasteiger partial charge in [-0.05, 0) is 97.8 Å². The fraction of sp³-hybridized carbons (Fsp3) is 0.0943. The van der Waals surface area contributed by atoms with Crippen LogP contribution in [0.25, 0.3) is 86.9 Å². The van der Waals surface area contributed by atoms with Crippen LogP contribution in [0.5, 0.6) is 0 Å². The molecule has 6 heteroatoms. The SMILES string of the molecule is c1ccc2c(-c3c4ccccc4c(B4OCC5(CO4)COB(c4c6ccccc6c(-c6cccc7ccccc67)c6ccccc46)OC5)c4ccccc34)cccc2c1. The van der Waals surface area contributed by atoms with E-state index in [0.717, 1.165) is 32.5 Å². The summed E-state index contributed by atoms with van der Waals surface area (Å²) >= 11 is 0. The minimum absolute atomic E-state index is 0.435. The third-order valence-corrected chi connectivity index (χ3v) is 12.7. The minimum atomic E-state index is -0.538. The van der Waals surface area contributed by atoms with E-state index in [-0.39, 0.29) is 0 Å². The van der Waals surface area contributed by atoms with Crippen molar-refractivity contribution in [1.29, 1.82) is 0 Å². The molecule has 0 aromatic heterocycles. The molecule has 0 aliphatic carbocycles. The van der Waals surface area contributed by atoms with Gasteiger partial charge in [-0.3, -0.25) is 0 Å². The quantitative estimate of drug-likeness (QED) is 0.132. The Hall–Kier alpha value is -6.27. The maximum Gasteiger partial charge on any atom is 0.495 e. The molecule has 0 saturated carbocycles. The van der Waals surface area contributed by atoms with Crippen molar-refractivity contribution in [3.63, 3.8) is 0 Å². The standard InChI is InChI=1S/C53H38B2O4/c1-3-19-37-35(15-1)17-13-29-39(37)49-41-21-5-9-25-45(41)51(46-26-10-6-22-42(46)49)54-56-31-53(32-57-54)33-58-55(59-34-53)52-47-27-11-7-23-43(47)50(44-24-8-12-28-48(44)52)40-30-14-18-36-16-2-4-20-38(36)40/h1-30H,31-34H2. The lowest BCUT2D eigenvalue weighted by Crippen LogP contribution is -2.58. The van der Waals surface area contributed by atoms with E-state index in [9.17, 15) is 0 Å². The van der Waals surface area contributed by atoms with Gasteiger partial charge in [-0.25, -0.2) is 0 Å². The third-order valence-electron chi connectivity index (χ3n) is 12.7. The first-order valence-electron chi connectivity index (χ1n) is 20.5. The van der Waals surface area contributed by atoms with E-state index in [1.165, 1.54) is 65.3 Å². The molecule has 10 aromatic carbocycles. The maximum atomic E-state index is 6.79. The van der Waals surface area contributed by atoms with Crippen molar-refractivity contribution < 1.29 is 18.6 Å². The second kappa shape index (κ2) is 13.9. The molecule has 0 amide bonds. The summed E-state index contributed by atoms with van der Waals surface area (Å²) in [4.78, 5) is 0. The van der Waals surface area contributed by atoms with Crippen molar-refractivity contribution in [3.8, 4) is 22.3 Å². The second-order valence-corrected chi connectivity index (χ2v) is 16.2. The molecule has 12 rings (SSSR count). The van der Waals surface area contributed by atoms with Crippen LogP contribution in [0.1, 0.15) is 0 Å². The Balaban J connectivity index is 0.879. The fourth-order valence-electron chi connectivity index (χ4n) is 9.99. The average Bonchev–Trinajstić information content (AvgIpc) is 3.30. The van der Waals surface area contributed by atoms with E-state index in [2.05, 4.69) is 182 Å². The maximum absolute atomic E-state index is 6.79. The van der Waals surface area contributed by atoms with Gasteiger partial charge < -0.3 is 18.6 Å². The zero-order valence-corrected chi connectivity index (χ0v) is 32.4. The lowest BCUT2D eigenvalue weighted by atomic mass is 9.68. The molecule has 0 unspecified atom stereocenters. The topological polar surface area (TPSA) is 36.9 Å². The van der Waals surface area contributed by atoms with Crippen LogP contribution >= 0.6 is 0 Å². The highest BCUT2D eigenvalue weighted by Crippen LogP contribution is 2.42. The molecular weight excluding hydrogens is 722 g/mol. The molecule has 0 radical (unpaired) electrons. The predicted octanol–water partition coefficient (Wildman–Crippen LogP) is 11.1. The highest BCUT2D eigenvalue weighted by atomic mass is 16.6. The van der Waals surface area contributed by atoms with Gasteiger partial charge in [-0.15, -0.1) is 0 Å². The molecule has 10 aromatic rings. The summed E-state index contributed by atoms with van der Waals surface area (Å²) in [5.41, 5.74) is 6.60. The summed E-state index contributed by atoms with van der Waals surface area (Å²) in [5, 5.41) is 14.2. The van der Waals surface area contributed by atoms with Crippen LogP contribution in [0.15, 0.2) is 182 Å². The van der Waals surface area contributed by atoms with Crippen molar-refractivity contribution in [2.45, 2.75) is 0 Å². The molecule has 0 N–H and O–H groups in total. The molecular formula is C53H38B2O4. The van der Waals surface area contributed by atoms with Crippen molar-refractivity contribution in [3.05, 3.63) is 182 Å². The zero-order chi connectivity index (χ0) is 38.9. The molecule has 2 saturated heterocycles. The Morgan fingerprint density at radius 3 is 0.898 bits per heavy atom. The smallest absolute Gasteiger partial charge is 0.406 e. The van der Waals surface area contributed by atoms with Gasteiger partial charge in [0.2, 0.25) is 0 Å². The Morgan fingerprint density at radius 2 is 0.559 bits per heavy atom. The number of benzene rings is 10. The number of fused-ring (bicyclic) bond motifs is 6. The summed E-state index contributed by atoms with van der Waals surface area (Å²) < 4.78 is 27.2. The molecule has 4 nitrogen and oxygen atoms in total. The Morgan fingerprint density at radius 1 is 0.288 bits per heavy atom. The monoisotopic (exact) mass is 760 g/mol. The average molecular weight is 761 g/mol. The Labute approximate surface area is 343 Å². The van der Waals surface area contributed by atoms with Crippen LogP contribution in [0.4, 0.5) is 0 Å². The molecule has 2 heterocycles. The zero-order valence-electron chi connectivity index (χ0n) is 32.4. The van der Waals surface area contributed by atoms with Crippen molar-refractivity contribution in [1.82, 2.24) is 0 Å². The van der Waals surface area contributed by atoms with Gasteiger partial charge in [0.1, 0.15) is 0 Å². The van der Waals surface area contributed by atoms with Crippen LogP contribution in [-0.4, -0.2) is 40.7 Å². The van der Waals surface area contributed by atoms with E-state index < -0.39 is 19.7 Å². The molecule has 2 aliphatic rings. The van der Waals surface area contributed by atoms with Crippen LogP contribution < -0.4 is 10.9 Å². The van der Waals surface area contributed by atoms with E-state index >= 15 is 0 Å². The lowest BCUT2D eigenvalue weighted by molar-refractivity contribution is -0.0785. The molecule has 1 spiro atoms. The summed E-state index contributed by atoms with van der Waals surface area (Å²) in [7, 11) is -1.08. The number of hydrogen-bond donors (Lipinski definition) is 0. The Kier molecular flexibility index (Phi) is 8.21. The largest absolute Gasteiger partial charge is 0.495 e. The number of hydrogen-bond acceptors (Lipinski definition) is 4. The van der Waals surface area contributed by atoms with Gasteiger partial charge in [-0.2, -0.15) is 0 Å². The van der Waals surface area contributed by atoms with Crippen molar-refractivity contribution in [2.24, 2.45) is 5.41 Å². The van der Waals surface area contributed by atoms with Crippen LogP contribution in [-0.2, 0) is 18.6 Å². The predicted molar refractivity (Wildman–Crippen MR) is 246 cm³/mol. The summed E-state index contributed by atoms with van der Waals surface area (Å²) in [6, 6.07) is 65.2. The first-order valence-corrected chi connectivity index (χ1v) is 20.5. The van der Waals surface area contributed by atoms with Gasteiger partial charge in [0.25, 0.3) is 0 Å². The molecule has 2 aliphatic heterocycles. The van der Waals surface area contributed by atoms with Gasteiger partial charge in [0.05, 0.1) is 5.41 Å². The molecule has 2 fully saturated rings. The highest BCUT2D eigenvalue weighted by molar-refractivity contribution is 6.69. The first-order chi connectivity index (χ1) is 29.2. The lowest BCUT2D eigenvalue weighted by Gasteiger charge is -2.43. The molecule has 0 atom stereocenters. The van der Waals surface area contributed by atoms with Crippen molar-refractivity contribution in [2.75, 3.05) is 26.4 Å². The highest BCUT2D eigenvalue weighted by Gasteiger charge is 2.47. The van der Waals surface area contributed by atoms with Crippen LogP contribution in [0.3, 0.4) is 0 Å². The fourth-order valence-corrected chi connectivity index (χ4v) is 9.99. The molecule has 280 valence electrons. The van der Waals surface area contributed by atoms with Gasteiger partial charge >= 0.3 is 14.2 Å². The third kappa shape index (κ3) is 5.56. The molecule has 0 bridgehead atoms. The minimum Gasteiger partial charge on any atom is -0.406 e. The first kappa shape index (κ1) is 34.7.